The number of amides is 1. The number of rotatable bonds is 4. The Kier molecular flexibility index (Phi) is 3.68. The van der Waals surface area contributed by atoms with Crippen LogP contribution < -0.4 is 10.6 Å². The van der Waals surface area contributed by atoms with E-state index in [9.17, 15) is 4.79 Å². The van der Waals surface area contributed by atoms with Gasteiger partial charge in [-0.3, -0.25) is 10.1 Å². The van der Waals surface area contributed by atoms with E-state index in [0.717, 1.165) is 22.4 Å². The van der Waals surface area contributed by atoms with Gasteiger partial charge in [0.1, 0.15) is 6.04 Å². The molecule has 2 unspecified atom stereocenters. The van der Waals surface area contributed by atoms with Gasteiger partial charge in [-0.2, -0.15) is 0 Å². The van der Waals surface area contributed by atoms with Gasteiger partial charge in [0.15, 0.2) is 0 Å². The highest BCUT2D eigenvalue weighted by Gasteiger charge is 2.32. The van der Waals surface area contributed by atoms with Crippen LogP contribution in [0.3, 0.4) is 0 Å². The van der Waals surface area contributed by atoms with E-state index in [-0.39, 0.29) is 18.0 Å². The topological polar surface area (TPSA) is 50.4 Å². The second kappa shape index (κ2) is 5.08. The number of carbonyl (C=O) groups excluding carboxylic acids is 1. The van der Waals surface area contributed by atoms with Crippen LogP contribution in [0.5, 0.6) is 0 Å². The van der Waals surface area contributed by atoms with Gasteiger partial charge in [0, 0.05) is 24.4 Å². The second-order valence-corrected chi connectivity index (χ2v) is 4.99. The Morgan fingerprint density at radius 2 is 2.17 bits per heavy atom. The summed E-state index contributed by atoms with van der Waals surface area (Å²) in [6, 6.07) is 3.99. The van der Waals surface area contributed by atoms with Crippen LogP contribution in [0.25, 0.3) is 0 Å². The summed E-state index contributed by atoms with van der Waals surface area (Å²) in [5.41, 5.74) is 4.30. The van der Waals surface area contributed by atoms with Crippen LogP contribution in [0.1, 0.15) is 29.7 Å². The third-order valence-corrected chi connectivity index (χ3v) is 3.21. The van der Waals surface area contributed by atoms with E-state index in [2.05, 4.69) is 16.7 Å². The Morgan fingerprint density at radius 3 is 2.83 bits per heavy atom. The second-order valence-electron chi connectivity index (χ2n) is 4.99. The zero-order chi connectivity index (χ0) is 13.3. The predicted molar refractivity (Wildman–Crippen MR) is 71.8 cm³/mol. The SMILES string of the molecule is COCC(C)NC1C(=O)Nc2cc(C)cc(C)c21. The summed E-state index contributed by atoms with van der Waals surface area (Å²) in [4.78, 5) is 12.0. The Morgan fingerprint density at radius 1 is 1.44 bits per heavy atom. The summed E-state index contributed by atoms with van der Waals surface area (Å²) in [5.74, 6) is 0.0154. The van der Waals surface area contributed by atoms with Gasteiger partial charge in [-0.25, -0.2) is 0 Å². The molecule has 4 heteroatoms. The molecule has 98 valence electrons. The summed E-state index contributed by atoms with van der Waals surface area (Å²) in [6.07, 6.45) is 0. The Balaban J connectivity index is 2.27. The first-order chi connectivity index (χ1) is 8.52. The van der Waals surface area contributed by atoms with Crippen molar-refractivity contribution in [2.24, 2.45) is 0 Å². The van der Waals surface area contributed by atoms with Gasteiger partial charge in [-0.05, 0) is 38.0 Å². The maximum Gasteiger partial charge on any atom is 0.246 e. The molecule has 0 spiro atoms. The molecule has 0 fully saturated rings. The van der Waals surface area contributed by atoms with Crippen molar-refractivity contribution in [3.05, 3.63) is 28.8 Å². The lowest BCUT2D eigenvalue weighted by atomic mass is 9.99. The zero-order valence-electron chi connectivity index (χ0n) is 11.3. The van der Waals surface area contributed by atoms with Gasteiger partial charge in [-0.1, -0.05) is 6.07 Å². The average molecular weight is 248 g/mol. The van der Waals surface area contributed by atoms with Crippen molar-refractivity contribution in [1.82, 2.24) is 5.32 Å². The number of carbonyl (C=O) groups is 1. The fourth-order valence-electron chi connectivity index (χ4n) is 2.54. The van der Waals surface area contributed by atoms with Gasteiger partial charge in [0.2, 0.25) is 5.91 Å². The van der Waals surface area contributed by atoms with Crippen LogP contribution >= 0.6 is 0 Å². The number of anilines is 1. The van der Waals surface area contributed by atoms with Crippen LogP contribution in [-0.2, 0) is 9.53 Å². The van der Waals surface area contributed by atoms with Crippen molar-refractivity contribution >= 4 is 11.6 Å². The molecule has 0 radical (unpaired) electrons. The summed E-state index contributed by atoms with van der Waals surface area (Å²) < 4.78 is 5.09. The van der Waals surface area contributed by atoms with E-state index in [1.54, 1.807) is 7.11 Å². The highest BCUT2D eigenvalue weighted by Crippen LogP contribution is 2.34. The van der Waals surface area contributed by atoms with Gasteiger partial charge in [0.05, 0.1) is 6.61 Å². The molecule has 1 aromatic rings. The number of hydrogen-bond donors (Lipinski definition) is 2. The molecule has 2 atom stereocenters. The molecule has 0 saturated carbocycles. The summed E-state index contributed by atoms with van der Waals surface area (Å²) in [7, 11) is 1.66. The predicted octanol–water partition coefficient (Wildman–Crippen LogP) is 1.92. The van der Waals surface area contributed by atoms with E-state index in [1.807, 2.05) is 26.8 Å². The van der Waals surface area contributed by atoms with E-state index >= 15 is 0 Å². The average Bonchev–Trinajstić information content (AvgIpc) is 2.55. The molecule has 0 aliphatic carbocycles. The molecule has 1 aliphatic rings. The molecular weight excluding hydrogens is 228 g/mol. The first-order valence-corrected chi connectivity index (χ1v) is 6.20. The number of fused-ring (bicyclic) bond motifs is 1. The molecule has 0 saturated heterocycles. The number of nitrogens with one attached hydrogen (secondary N) is 2. The molecule has 1 aliphatic heterocycles. The maximum atomic E-state index is 12.0. The largest absolute Gasteiger partial charge is 0.383 e. The highest BCUT2D eigenvalue weighted by molar-refractivity contribution is 6.03. The van der Waals surface area contributed by atoms with Crippen molar-refractivity contribution in [3.8, 4) is 0 Å². The standard InChI is InChI=1S/C14H20N2O2/c1-8-5-9(2)12-11(6-8)16-14(17)13(12)15-10(3)7-18-4/h5-6,10,13,15H,7H2,1-4H3,(H,16,17). The highest BCUT2D eigenvalue weighted by atomic mass is 16.5. The van der Waals surface area contributed by atoms with Crippen LogP contribution in [0.4, 0.5) is 5.69 Å². The zero-order valence-corrected chi connectivity index (χ0v) is 11.3. The molecule has 1 aromatic carbocycles. The van der Waals surface area contributed by atoms with Crippen molar-refractivity contribution < 1.29 is 9.53 Å². The molecule has 4 nitrogen and oxygen atoms in total. The third kappa shape index (κ3) is 2.40. The van der Waals surface area contributed by atoms with Gasteiger partial charge in [-0.15, -0.1) is 0 Å². The lowest BCUT2D eigenvalue weighted by Gasteiger charge is -2.19. The Labute approximate surface area is 108 Å². The molecule has 2 rings (SSSR count). The molecule has 0 bridgehead atoms. The smallest absolute Gasteiger partial charge is 0.246 e. The number of benzene rings is 1. The fraction of sp³-hybridized carbons (Fsp3) is 0.500. The van der Waals surface area contributed by atoms with Crippen molar-refractivity contribution in [2.75, 3.05) is 19.0 Å². The quantitative estimate of drug-likeness (QED) is 0.856. The summed E-state index contributed by atoms with van der Waals surface area (Å²) in [6.45, 7) is 6.68. The van der Waals surface area contributed by atoms with E-state index < -0.39 is 0 Å². The van der Waals surface area contributed by atoms with Crippen molar-refractivity contribution in [3.63, 3.8) is 0 Å². The van der Waals surface area contributed by atoms with Gasteiger partial charge < -0.3 is 10.1 Å². The van der Waals surface area contributed by atoms with E-state index in [0.29, 0.717) is 6.61 Å². The first-order valence-electron chi connectivity index (χ1n) is 6.20. The fourth-order valence-corrected chi connectivity index (χ4v) is 2.54. The molecule has 18 heavy (non-hydrogen) atoms. The van der Waals surface area contributed by atoms with Crippen LogP contribution in [0.15, 0.2) is 12.1 Å². The summed E-state index contributed by atoms with van der Waals surface area (Å²) >= 11 is 0. The Bertz CT molecular complexity index is 471. The lowest BCUT2D eigenvalue weighted by Crippen LogP contribution is -2.37. The van der Waals surface area contributed by atoms with Crippen LogP contribution in [0, 0.1) is 13.8 Å². The molecule has 1 heterocycles. The first kappa shape index (κ1) is 13.1. The monoisotopic (exact) mass is 248 g/mol. The van der Waals surface area contributed by atoms with Crippen LogP contribution in [-0.4, -0.2) is 25.7 Å². The minimum Gasteiger partial charge on any atom is -0.383 e. The molecule has 1 amide bonds. The van der Waals surface area contributed by atoms with Gasteiger partial charge in [0.25, 0.3) is 0 Å². The molecular formula is C14H20N2O2. The van der Waals surface area contributed by atoms with Crippen molar-refractivity contribution in [1.29, 1.82) is 0 Å². The minimum absolute atomic E-state index is 0.0154. The van der Waals surface area contributed by atoms with Gasteiger partial charge >= 0.3 is 0 Å². The number of hydrogen-bond acceptors (Lipinski definition) is 3. The number of methoxy groups -OCH3 is 1. The minimum atomic E-state index is -0.272. The molecule has 2 N–H and O–H groups in total. The summed E-state index contributed by atoms with van der Waals surface area (Å²) in [5, 5.41) is 6.24. The van der Waals surface area contributed by atoms with E-state index in [4.69, 9.17) is 4.74 Å². The normalized spacial score (nSPS) is 19.6. The maximum absolute atomic E-state index is 12.0. The third-order valence-electron chi connectivity index (χ3n) is 3.21. The van der Waals surface area contributed by atoms with Crippen LogP contribution in [0.2, 0.25) is 0 Å². The molecule has 0 aromatic heterocycles. The number of ether oxygens (including phenoxy) is 1. The van der Waals surface area contributed by atoms with Crippen molar-refractivity contribution in [2.45, 2.75) is 32.9 Å². The Hall–Kier alpha value is -1.39. The number of aryl methyl sites for hydroxylation is 2. The lowest BCUT2D eigenvalue weighted by molar-refractivity contribution is -0.117. The van der Waals surface area contributed by atoms with E-state index in [1.165, 1.54) is 0 Å².